The van der Waals surface area contributed by atoms with Gasteiger partial charge in [-0.3, -0.25) is 0 Å². The second kappa shape index (κ2) is 7.01. The standard InChI is InChI=1S/C11H24N2O4S2/c1-3-6-12-11-4-7-13(8-5-11)19(16,17)10-9-18(2,14)15/h11-12H,3-10H2,1-2H3. The highest BCUT2D eigenvalue weighted by Crippen LogP contribution is 2.14. The summed E-state index contributed by atoms with van der Waals surface area (Å²) in [6, 6.07) is 0.376. The predicted octanol–water partition coefficient (Wildman–Crippen LogP) is -0.175. The van der Waals surface area contributed by atoms with Crippen molar-refractivity contribution in [1.82, 2.24) is 9.62 Å². The van der Waals surface area contributed by atoms with Gasteiger partial charge in [0.05, 0.1) is 11.5 Å². The predicted molar refractivity (Wildman–Crippen MR) is 76.4 cm³/mol. The first kappa shape index (κ1) is 16.9. The van der Waals surface area contributed by atoms with Crippen molar-refractivity contribution >= 4 is 19.9 Å². The molecule has 1 N–H and O–H groups in total. The molecule has 0 bridgehead atoms. The van der Waals surface area contributed by atoms with Crippen LogP contribution in [0.5, 0.6) is 0 Å². The van der Waals surface area contributed by atoms with E-state index in [0.717, 1.165) is 32.1 Å². The van der Waals surface area contributed by atoms with Crippen LogP contribution in [0, 0.1) is 0 Å². The van der Waals surface area contributed by atoms with Gasteiger partial charge in [-0.15, -0.1) is 0 Å². The Morgan fingerprint density at radius 3 is 2.16 bits per heavy atom. The Morgan fingerprint density at radius 2 is 1.68 bits per heavy atom. The van der Waals surface area contributed by atoms with E-state index < -0.39 is 19.9 Å². The second-order valence-electron chi connectivity index (χ2n) is 5.07. The molecule has 0 aromatic carbocycles. The Bertz CT molecular complexity index is 465. The van der Waals surface area contributed by atoms with Crippen LogP contribution in [0.2, 0.25) is 0 Å². The molecule has 0 aliphatic carbocycles. The summed E-state index contributed by atoms with van der Waals surface area (Å²) in [4.78, 5) is 0. The summed E-state index contributed by atoms with van der Waals surface area (Å²) in [7, 11) is -6.67. The maximum atomic E-state index is 12.0. The SMILES string of the molecule is CCCNC1CCN(S(=O)(=O)CCS(C)(=O)=O)CC1. The van der Waals surface area contributed by atoms with Crippen molar-refractivity contribution in [3.05, 3.63) is 0 Å². The summed E-state index contributed by atoms with van der Waals surface area (Å²) >= 11 is 0. The van der Waals surface area contributed by atoms with Crippen molar-refractivity contribution in [1.29, 1.82) is 0 Å². The molecule has 0 unspecified atom stereocenters. The molecule has 0 aromatic heterocycles. The Hall–Kier alpha value is -0.180. The number of piperidine rings is 1. The van der Waals surface area contributed by atoms with E-state index in [-0.39, 0.29) is 11.5 Å². The maximum Gasteiger partial charge on any atom is 0.215 e. The average molecular weight is 312 g/mol. The van der Waals surface area contributed by atoms with Crippen LogP contribution in [-0.4, -0.2) is 64.6 Å². The van der Waals surface area contributed by atoms with E-state index in [1.807, 2.05) is 0 Å². The van der Waals surface area contributed by atoms with E-state index in [2.05, 4.69) is 12.2 Å². The molecule has 0 atom stereocenters. The first-order valence-electron chi connectivity index (χ1n) is 6.63. The van der Waals surface area contributed by atoms with E-state index in [4.69, 9.17) is 0 Å². The molecule has 6 nitrogen and oxygen atoms in total. The molecule has 0 amide bonds. The van der Waals surface area contributed by atoms with Crippen molar-refractivity contribution in [2.75, 3.05) is 37.4 Å². The van der Waals surface area contributed by atoms with Crippen molar-refractivity contribution in [2.45, 2.75) is 32.2 Å². The van der Waals surface area contributed by atoms with Gasteiger partial charge < -0.3 is 5.32 Å². The molecule has 0 saturated carbocycles. The maximum absolute atomic E-state index is 12.0. The number of hydrogen-bond donors (Lipinski definition) is 1. The topological polar surface area (TPSA) is 83.6 Å². The number of sulfonamides is 1. The highest BCUT2D eigenvalue weighted by molar-refractivity contribution is 7.93. The monoisotopic (exact) mass is 312 g/mol. The smallest absolute Gasteiger partial charge is 0.215 e. The van der Waals surface area contributed by atoms with Crippen LogP contribution >= 0.6 is 0 Å². The zero-order valence-corrected chi connectivity index (χ0v) is 13.3. The number of nitrogens with zero attached hydrogens (tertiary/aromatic N) is 1. The zero-order chi connectivity index (χ0) is 14.5. The molecule has 19 heavy (non-hydrogen) atoms. The molecular formula is C11H24N2O4S2. The van der Waals surface area contributed by atoms with Crippen LogP contribution in [0.1, 0.15) is 26.2 Å². The Morgan fingerprint density at radius 1 is 1.11 bits per heavy atom. The fourth-order valence-corrected chi connectivity index (χ4v) is 5.15. The lowest BCUT2D eigenvalue weighted by Gasteiger charge is -2.31. The van der Waals surface area contributed by atoms with Crippen LogP contribution in [0.25, 0.3) is 0 Å². The number of sulfone groups is 1. The van der Waals surface area contributed by atoms with Gasteiger partial charge in [-0.05, 0) is 25.8 Å². The highest BCUT2D eigenvalue weighted by Gasteiger charge is 2.28. The minimum atomic E-state index is -3.43. The van der Waals surface area contributed by atoms with Gasteiger partial charge in [0.2, 0.25) is 10.0 Å². The number of rotatable bonds is 7. The van der Waals surface area contributed by atoms with Gasteiger partial charge in [0.1, 0.15) is 9.84 Å². The van der Waals surface area contributed by atoms with E-state index >= 15 is 0 Å². The van der Waals surface area contributed by atoms with Gasteiger partial charge in [-0.25, -0.2) is 21.1 Å². The van der Waals surface area contributed by atoms with Gasteiger partial charge in [0.25, 0.3) is 0 Å². The normalized spacial score (nSPS) is 19.7. The van der Waals surface area contributed by atoms with Gasteiger partial charge >= 0.3 is 0 Å². The van der Waals surface area contributed by atoms with Crippen LogP contribution in [-0.2, 0) is 19.9 Å². The van der Waals surface area contributed by atoms with Crippen molar-refractivity contribution in [2.24, 2.45) is 0 Å². The summed E-state index contributed by atoms with van der Waals surface area (Å²) < 4.78 is 47.5. The lowest BCUT2D eigenvalue weighted by Crippen LogP contribution is -2.46. The molecular weight excluding hydrogens is 288 g/mol. The van der Waals surface area contributed by atoms with Crippen LogP contribution in [0.4, 0.5) is 0 Å². The molecule has 1 rings (SSSR count). The van der Waals surface area contributed by atoms with E-state index in [1.165, 1.54) is 4.31 Å². The molecule has 0 aromatic rings. The molecule has 1 aliphatic rings. The van der Waals surface area contributed by atoms with Crippen LogP contribution < -0.4 is 5.32 Å². The molecule has 0 radical (unpaired) electrons. The summed E-state index contributed by atoms with van der Waals surface area (Å²) in [5.41, 5.74) is 0. The van der Waals surface area contributed by atoms with Crippen LogP contribution in [0.3, 0.4) is 0 Å². The summed E-state index contributed by atoms with van der Waals surface area (Å²) in [5, 5.41) is 3.38. The number of hydrogen-bond acceptors (Lipinski definition) is 5. The lowest BCUT2D eigenvalue weighted by atomic mass is 10.1. The number of nitrogens with one attached hydrogen (secondary N) is 1. The molecule has 114 valence electrons. The largest absolute Gasteiger partial charge is 0.314 e. The molecule has 8 heteroatoms. The molecule has 1 saturated heterocycles. The molecule has 0 spiro atoms. The van der Waals surface area contributed by atoms with Crippen molar-refractivity contribution in [3.63, 3.8) is 0 Å². The zero-order valence-electron chi connectivity index (χ0n) is 11.6. The Kier molecular flexibility index (Phi) is 6.22. The van der Waals surface area contributed by atoms with Crippen LogP contribution in [0.15, 0.2) is 0 Å². The summed E-state index contributed by atoms with van der Waals surface area (Å²) in [5.74, 6) is -0.609. The first-order valence-corrected chi connectivity index (χ1v) is 10.3. The summed E-state index contributed by atoms with van der Waals surface area (Å²) in [6.45, 7) is 4.00. The minimum absolute atomic E-state index is 0.302. The fraction of sp³-hybridized carbons (Fsp3) is 1.00. The minimum Gasteiger partial charge on any atom is -0.314 e. The van der Waals surface area contributed by atoms with E-state index in [1.54, 1.807) is 0 Å². The quantitative estimate of drug-likeness (QED) is 0.705. The van der Waals surface area contributed by atoms with Gasteiger partial charge in [-0.1, -0.05) is 6.92 Å². The van der Waals surface area contributed by atoms with Gasteiger partial charge in [-0.2, -0.15) is 0 Å². The fourth-order valence-electron chi connectivity index (χ4n) is 2.07. The molecule has 1 heterocycles. The lowest BCUT2D eigenvalue weighted by molar-refractivity contribution is 0.290. The Balaban J connectivity index is 2.45. The second-order valence-corrected chi connectivity index (χ2v) is 9.42. The Labute approximate surface area is 116 Å². The third-order valence-corrected chi connectivity index (χ3v) is 6.32. The van der Waals surface area contributed by atoms with Crippen molar-refractivity contribution < 1.29 is 16.8 Å². The molecule has 1 fully saturated rings. The summed E-state index contributed by atoms with van der Waals surface area (Å²) in [6.07, 6.45) is 3.70. The highest BCUT2D eigenvalue weighted by atomic mass is 32.2. The van der Waals surface area contributed by atoms with Crippen molar-refractivity contribution in [3.8, 4) is 0 Å². The third-order valence-electron chi connectivity index (χ3n) is 3.24. The molecule has 1 aliphatic heterocycles. The van der Waals surface area contributed by atoms with Gasteiger partial charge in [0, 0.05) is 25.4 Å². The average Bonchev–Trinajstić information content (AvgIpc) is 2.34. The van der Waals surface area contributed by atoms with E-state index in [0.29, 0.717) is 19.1 Å². The third kappa shape index (κ3) is 6.20. The first-order chi connectivity index (χ1) is 8.74. The van der Waals surface area contributed by atoms with E-state index in [9.17, 15) is 16.8 Å². The van der Waals surface area contributed by atoms with Gasteiger partial charge in [0.15, 0.2) is 0 Å².